The van der Waals surface area contributed by atoms with Crippen LogP contribution in [0, 0.1) is 0 Å². The van der Waals surface area contributed by atoms with Crippen molar-refractivity contribution in [2.45, 2.75) is 0 Å². The van der Waals surface area contributed by atoms with Crippen LogP contribution in [0.1, 0.15) is 0 Å². The molecule has 0 saturated carbocycles. The highest BCUT2D eigenvalue weighted by molar-refractivity contribution is 7.95. The molecule has 0 bridgehead atoms. The largest absolute Gasteiger partial charge is 0.508 e. The topological polar surface area (TPSA) is 60.7 Å². The maximum Gasteiger partial charge on any atom is 0.400 e. The van der Waals surface area contributed by atoms with E-state index < -0.39 is 7.07 Å². The minimum atomic E-state index is -3.43. The van der Waals surface area contributed by atoms with Gasteiger partial charge in [0.05, 0.1) is 0 Å². The van der Waals surface area contributed by atoms with Crippen molar-refractivity contribution in [3.05, 3.63) is 24.3 Å². The second kappa shape index (κ2) is 2.95. The first-order chi connectivity index (χ1) is 5.00. The van der Waals surface area contributed by atoms with E-state index in [-0.39, 0.29) is 11.1 Å². The SMILES string of the molecule is Oc1ccc([P+](O)(O)Cl)cc1. The number of hydrogen-bond acceptors (Lipinski definition) is 3. The molecule has 1 aromatic carbocycles. The molecule has 0 atom stereocenters. The molecule has 60 valence electrons. The van der Waals surface area contributed by atoms with Gasteiger partial charge in [0.15, 0.2) is 16.5 Å². The van der Waals surface area contributed by atoms with Crippen LogP contribution in [0.3, 0.4) is 0 Å². The van der Waals surface area contributed by atoms with Gasteiger partial charge in [-0.15, -0.1) is 0 Å². The van der Waals surface area contributed by atoms with E-state index in [9.17, 15) is 0 Å². The highest BCUT2D eigenvalue weighted by atomic mass is 35.7. The summed E-state index contributed by atoms with van der Waals surface area (Å²) in [5.41, 5.74) is 0. The molecule has 0 heterocycles. The monoisotopic (exact) mass is 193 g/mol. The predicted molar refractivity (Wildman–Crippen MR) is 45.0 cm³/mol. The quantitative estimate of drug-likeness (QED) is 0.584. The summed E-state index contributed by atoms with van der Waals surface area (Å²) in [6.07, 6.45) is 0. The number of hydrogen-bond donors (Lipinski definition) is 3. The third-order valence-corrected chi connectivity index (χ3v) is 2.72. The Bertz CT molecular complexity index is 241. The van der Waals surface area contributed by atoms with Gasteiger partial charge in [0, 0.05) is 0 Å². The van der Waals surface area contributed by atoms with Crippen LogP contribution < -0.4 is 5.30 Å². The fourth-order valence-electron chi connectivity index (χ4n) is 0.642. The molecule has 0 spiro atoms. The van der Waals surface area contributed by atoms with E-state index >= 15 is 0 Å². The van der Waals surface area contributed by atoms with E-state index in [2.05, 4.69) is 0 Å². The molecule has 0 radical (unpaired) electrons. The fraction of sp³-hybridized carbons (Fsp3) is 0. The first kappa shape index (κ1) is 8.75. The lowest BCUT2D eigenvalue weighted by Crippen LogP contribution is -2.03. The summed E-state index contributed by atoms with van der Waals surface area (Å²) < 4.78 is 0. The van der Waals surface area contributed by atoms with Gasteiger partial charge in [0.1, 0.15) is 5.75 Å². The number of rotatable bonds is 1. The molecule has 0 aliphatic carbocycles. The molecule has 0 aliphatic rings. The Balaban J connectivity index is 2.99. The Labute approximate surface area is 69.2 Å². The van der Waals surface area contributed by atoms with Crippen LogP contribution in [-0.2, 0) is 0 Å². The number of aromatic hydroxyl groups is 1. The summed E-state index contributed by atoms with van der Waals surface area (Å²) in [6, 6.07) is 5.43. The first-order valence-corrected chi connectivity index (χ1v) is 5.44. The van der Waals surface area contributed by atoms with Gasteiger partial charge in [-0.3, -0.25) is 0 Å². The fourth-order valence-corrected chi connectivity index (χ4v) is 1.51. The van der Waals surface area contributed by atoms with Gasteiger partial charge in [0.2, 0.25) is 0 Å². The van der Waals surface area contributed by atoms with E-state index in [4.69, 9.17) is 26.1 Å². The Morgan fingerprint density at radius 2 is 1.55 bits per heavy atom. The molecule has 1 rings (SSSR count). The summed E-state index contributed by atoms with van der Waals surface area (Å²) in [7, 11) is -3.43. The molecule has 0 saturated heterocycles. The van der Waals surface area contributed by atoms with Gasteiger partial charge in [-0.25, -0.2) is 0 Å². The summed E-state index contributed by atoms with van der Waals surface area (Å²) in [5, 5.41) is 9.06. The van der Waals surface area contributed by atoms with Gasteiger partial charge in [-0.2, -0.15) is 9.79 Å². The van der Waals surface area contributed by atoms with Crippen LogP contribution in [0.15, 0.2) is 24.3 Å². The normalized spacial score (nSPS) is 11.5. The van der Waals surface area contributed by atoms with Crippen molar-refractivity contribution >= 4 is 23.6 Å². The summed E-state index contributed by atoms with van der Waals surface area (Å²) >= 11 is 5.25. The summed E-state index contributed by atoms with van der Waals surface area (Å²) in [6.45, 7) is 0. The van der Waals surface area contributed by atoms with Crippen molar-refractivity contribution in [1.29, 1.82) is 0 Å². The van der Waals surface area contributed by atoms with Gasteiger partial charge in [-0.05, 0) is 24.3 Å². The molecule has 1 aromatic rings. The Kier molecular flexibility index (Phi) is 2.35. The molecule has 3 nitrogen and oxygen atoms in total. The van der Waals surface area contributed by atoms with Crippen molar-refractivity contribution in [3.8, 4) is 5.75 Å². The number of halogens is 1. The minimum Gasteiger partial charge on any atom is -0.508 e. The number of benzene rings is 1. The zero-order chi connectivity index (χ0) is 8.48. The standard InChI is InChI=1S/C6H6ClO3P/c7-11(9,10)6-3-1-5(8)2-4-6/h1-4,9-10H/p+1. The molecular weight excluding hydrogens is 186 g/mol. The highest BCUT2D eigenvalue weighted by Gasteiger charge is 2.34. The van der Waals surface area contributed by atoms with Crippen LogP contribution in [0.4, 0.5) is 0 Å². The molecule has 0 amide bonds. The van der Waals surface area contributed by atoms with Crippen LogP contribution in [0.25, 0.3) is 0 Å². The summed E-state index contributed by atoms with van der Waals surface area (Å²) in [5.74, 6) is 0.0684. The van der Waals surface area contributed by atoms with Crippen molar-refractivity contribution < 1.29 is 14.9 Å². The molecule has 5 heteroatoms. The molecule has 0 unspecified atom stereocenters. The second-order valence-electron chi connectivity index (χ2n) is 2.04. The van der Waals surface area contributed by atoms with E-state index in [0.717, 1.165) is 0 Å². The van der Waals surface area contributed by atoms with Gasteiger partial charge in [-0.1, -0.05) is 0 Å². The van der Waals surface area contributed by atoms with Crippen LogP contribution >= 0.6 is 18.3 Å². The Morgan fingerprint density at radius 3 is 1.91 bits per heavy atom. The molecular formula is C6H7ClO3P+. The lowest BCUT2D eigenvalue weighted by molar-refractivity contribution is 0.475. The van der Waals surface area contributed by atoms with E-state index in [1.165, 1.54) is 24.3 Å². The van der Waals surface area contributed by atoms with E-state index in [1.807, 2.05) is 0 Å². The average molecular weight is 194 g/mol. The molecule has 3 N–H and O–H groups in total. The van der Waals surface area contributed by atoms with Crippen molar-refractivity contribution in [1.82, 2.24) is 0 Å². The second-order valence-corrected chi connectivity index (χ2v) is 5.02. The molecule has 0 aromatic heterocycles. The third kappa shape index (κ3) is 2.31. The predicted octanol–water partition coefficient (Wildman–Crippen LogP) is 1.00. The molecule has 0 aliphatic heterocycles. The maximum atomic E-state index is 8.93. The Hall–Kier alpha value is -0.340. The van der Waals surface area contributed by atoms with Crippen LogP contribution in [0.5, 0.6) is 5.75 Å². The van der Waals surface area contributed by atoms with Crippen LogP contribution in [0.2, 0.25) is 0 Å². The van der Waals surface area contributed by atoms with Crippen molar-refractivity contribution in [2.75, 3.05) is 0 Å². The minimum absolute atomic E-state index is 0.0684. The van der Waals surface area contributed by atoms with Crippen LogP contribution in [-0.4, -0.2) is 14.9 Å². The molecule has 11 heavy (non-hydrogen) atoms. The number of phenolic OH excluding ortho intramolecular Hbond substituents is 1. The summed E-state index contributed by atoms with van der Waals surface area (Å²) in [4.78, 5) is 17.9. The molecule has 0 fully saturated rings. The zero-order valence-electron chi connectivity index (χ0n) is 5.48. The number of phenols is 1. The van der Waals surface area contributed by atoms with Gasteiger partial charge in [0.25, 0.3) is 0 Å². The first-order valence-electron chi connectivity index (χ1n) is 2.84. The highest BCUT2D eigenvalue weighted by Crippen LogP contribution is 2.53. The van der Waals surface area contributed by atoms with E-state index in [0.29, 0.717) is 0 Å². The van der Waals surface area contributed by atoms with Gasteiger partial charge >= 0.3 is 7.07 Å². The zero-order valence-corrected chi connectivity index (χ0v) is 7.13. The van der Waals surface area contributed by atoms with Crippen molar-refractivity contribution in [2.24, 2.45) is 0 Å². The maximum absolute atomic E-state index is 8.93. The van der Waals surface area contributed by atoms with E-state index in [1.54, 1.807) is 0 Å². The van der Waals surface area contributed by atoms with Crippen molar-refractivity contribution in [3.63, 3.8) is 0 Å². The average Bonchev–Trinajstić information content (AvgIpc) is 1.86. The lowest BCUT2D eigenvalue weighted by Gasteiger charge is -2.00. The third-order valence-electron chi connectivity index (χ3n) is 1.18. The Morgan fingerprint density at radius 1 is 1.09 bits per heavy atom. The lowest BCUT2D eigenvalue weighted by atomic mass is 10.3. The van der Waals surface area contributed by atoms with Gasteiger partial charge < -0.3 is 5.11 Å². The smallest absolute Gasteiger partial charge is 0.400 e.